The van der Waals surface area contributed by atoms with Crippen LogP contribution in [0.3, 0.4) is 0 Å². The summed E-state index contributed by atoms with van der Waals surface area (Å²) in [6, 6.07) is 1.14. The van der Waals surface area contributed by atoms with Gasteiger partial charge in [-0.3, -0.25) is 4.99 Å². The lowest BCUT2D eigenvalue weighted by Gasteiger charge is -2.26. The van der Waals surface area contributed by atoms with Crippen molar-refractivity contribution < 1.29 is 0 Å². The summed E-state index contributed by atoms with van der Waals surface area (Å²) in [5, 5.41) is 5.68. The van der Waals surface area contributed by atoms with E-state index in [-0.39, 0.29) is 0 Å². The first kappa shape index (κ1) is 16.2. The summed E-state index contributed by atoms with van der Waals surface area (Å²) in [7, 11) is 7.10. The maximum atomic E-state index is 5.85. The van der Waals surface area contributed by atoms with Gasteiger partial charge in [0.2, 0.25) is 0 Å². The molecule has 114 valence electrons. The van der Waals surface area contributed by atoms with Crippen LogP contribution < -0.4 is 5.32 Å². The summed E-state index contributed by atoms with van der Waals surface area (Å²) in [6.07, 6.45) is 13.2. The van der Waals surface area contributed by atoms with E-state index in [4.69, 9.17) is 15.7 Å². The van der Waals surface area contributed by atoms with Gasteiger partial charge in [0.1, 0.15) is 0 Å². The number of aliphatic imine (C=N–C) groups is 1. The summed E-state index contributed by atoms with van der Waals surface area (Å²) in [5.41, 5.74) is 2.28. The van der Waals surface area contributed by atoms with Crippen LogP contribution >= 0.6 is 21.7 Å². The molecule has 2 nitrogen and oxygen atoms in total. The minimum Gasteiger partial charge on any atom is -0.380 e. The minimum atomic E-state index is 0.528. The van der Waals surface area contributed by atoms with Crippen molar-refractivity contribution in [3.05, 3.63) is 11.1 Å². The van der Waals surface area contributed by atoms with Crippen molar-refractivity contribution in [1.82, 2.24) is 5.32 Å². The van der Waals surface area contributed by atoms with Crippen LogP contribution in [0.5, 0.6) is 0 Å². The van der Waals surface area contributed by atoms with E-state index >= 15 is 0 Å². The Morgan fingerprint density at radius 3 is 2.25 bits per heavy atom. The molecule has 4 heteroatoms. The molecule has 0 bridgehead atoms. The van der Waals surface area contributed by atoms with E-state index in [9.17, 15) is 0 Å². The number of hydrogen-bond donors (Lipinski definition) is 1. The SMILES string of the molecule is CC(=NC1CCCCC1)/C(=C\SCl)NC1CCCCC1. The minimum absolute atomic E-state index is 0.528. The van der Waals surface area contributed by atoms with Crippen LogP contribution in [0, 0.1) is 0 Å². The molecule has 0 aromatic carbocycles. The Hall–Kier alpha value is -0.150. The molecule has 0 atom stereocenters. The van der Waals surface area contributed by atoms with E-state index in [0.717, 1.165) is 11.4 Å². The van der Waals surface area contributed by atoms with Crippen LogP contribution in [-0.4, -0.2) is 17.8 Å². The molecule has 0 unspecified atom stereocenters. The maximum absolute atomic E-state index is 5.85. The number of nitrogens with zero attached hydrogens (tertiary/aromatic N) is 1. The smallest absolute Gasteiger partial charge is 0.0629 e. The third-order valence-electron chi connectivity index (χ3n) is 4.47. The Kier molecular flexibility index (Phi) is 7.29. The molecule has 0 aliphatic heterocycles. The predicted octanol–water partition coefficient (Wildman–Crippen LogP) is 5.43. The van der Waals surface area contributed by atoms with Crippen molar-refractivity contribution in [2.45, 2.75) is 83.2 Å². The average Bonchev–Trinajstić information content (AvgIpc) is 2.49. The van der Waals surface area contributed by atoms with Gasteiger partial charge in [-0.05, 0) is 54.3 Å². The molecular formula is C16H27ClN2S. The van der Waals surface area contributed by atoms with Crippen molar-refractivity contribution in [2.24, 2.45) is 4.99 Å². The van der Waals surface area contributed by atoms with E-state index in [1.165, 1.54) is 75.2 Å². The standard InChI is InChI=1S/C16H27ClN2S/c1-13(18-14-8-4-2-5-9-14)16(12-20-17)19-15-10-6-3-7-11-15/h12,14-15,19H,2-11H2,1H3/b16-12+,18-13?. The molecule has 0 saturated heterocycles. The molecular weight excluding hydrogens is 288 g/mol. The number of hydrogen-bond acceptors (Lipinski definition) is 3. The second-order valence-electron chi connectivity index (χ2n) is 6.11. The van der Waals surface area contributed by atoms with Crippen molar-refractivity contribution in [2.75, 3.05) is 0 Å². The van der Waals surface area contributed by atoms with E-state index < -0.39 is 0 Å². The van der Waals surface area contributed by atoms with E-state index in [1.807, 2.05) is 5.41 Å². The Labute approximate surface area is 132 Å². The Bertz CT molecular complexity index is 342. The summed E-state index contributed by atoms with van der Waals surface area (Å²) < 4.78 is 0. The van der Waals surface area contributed by atoms with Gasteiger partial charge >= 0.3 is 0 Å². The second kappa shape index (κ2) is 8.99. The fourth-order valence-corrected chi connectivity index (χ4v) is 3.88. The van der Waals surface area contributed by atoms with Crippen LogP contribution in [0.4, 0.5) is 0 Å². The van der Waals surface area contributed by atoms with Gasteiger partial charge in [-0.1, -0.05) is 38.5 Å². The van der Waals surface area contributed by atoms with Gasteiger partial charge in [-0.25, -0.2) is 0 Å². The molecule has 0 heterocycles. The first-order valence-electron chi connectivity index (χ1n) is 8.08. The van der Waals surface area contributed by atoms with Gasteiger partial charge in [0, 0.05) is 11.4 Å². The number of rotatable bonds is 5. The monoisotopic (exact) mass is 314 g/mol. The first-order chi connectivity index (χ1) is 9.79. The number of allylic oxidation sites excluding steroid dienone is 1. The molecule has 20 heavy (non-hydrogen) atoms. The third kappa shape index (κ3) is 5.33. The zero-order valence-corrected chi connectivity index (χ0v) is 14.1. The van der Waals surface area contributed by atoms with Gasteiger partial charge in [0.05, 0.1) is 17.5 Å². The molecule has 2 aliphatic carbocycles. The largest absolute Gasteiger partial charge is 0.380 e. The fraction of sp³-hybridized carbons (Fsp3) is 0.812. The molecule has 2 saturated carbocycles. The zero-order valence-electron chi connectivity index (χ0n) is 12.5. The number of nitrogens with one attached hydrogen (secondary N) is 1. The summed E-state index contributed by atoms with van der Waals surface area (Å²) in [4.78, 5) is 4.93. The van der Waals surface area contributed by atoms with Gasteiger partial charge in [0.25, 0.3) is 0 Å². The fourth-order valence-electron chi connectivity index (χ4n) is 3.29. The van der Waals surface area contributed by atoms with Gasteiger partial charge in [-0.15, -0.1) is 0 Å². The molecule has 0 aromatic heterocycles. The van der Waals surface area contributed by atoms with E-state index in [0.29, 0.717) is 12.1 Å². The molecule has 1 N–H and O–H groups in total. The lowest BCUT2D eigenvalue weighted by Crippen LogP contribution is -2.33. The predicted molar refractivity (Wildman–Crippen MR) is 91.5 cm³/mol. The highest BCUT2D eigenvalue weighted by Gasteiger charge is 2.17. The zero-order chi connectivity index (χ0) is 14.2. The van der Waals surface area contributed by atoms with Gasteiger partial charge in [0.15, 0.2) is 0 Å². The quantitative estimate of drug-likeness (QED) is 0.684. The average molecular weight is 315 g/mol. The van der Waals surface area contributed by atoms with Crippen molar-refractivity contribution >= 4 is 27.4 Å². The molecule has 2 fully saturated rings. The van der Waals surface area contributed by atoms with Crippen LogP contribution in [-0.2, 0) is 0 Å². The Morgan fingerprint density at radius 1 is 1.05 bits per heavy atom. The lowest BCUT2D eigenvalue weighted by molar-refractivity contribution is 0.400. The number of halogens is 1. The highest BCUT2D eigenvalue weighted by Crippen LogP contribution is 2.23. The van der Waals surface area contributed by atoms with Crippen LogP contribution in [0.15, 0.2) is 16.1 Å². The van der Waals surface area contributed by atoms with Crippen LogP contribution in [0.2, 0.25) is 0 Å². The van der Waals surface area contributed by atoms with Gasteiger partial charge < -0.3 is 5.32 Å². The maximum Gasteiger partial charge on any atom is 0.0629 e. The summed E-state index contributed by atoms with van der Waals surface area (Å²) in [6.45, 7) is 2.13. The molecule has 0 radical (unpaired) electrons. The normalized spacial score (nSPS) is 23.9. The van der Waals surface area contributed by atoms with Crippen LogP contribution in [0.25, 0.3) is 0 Å². The summed E-state index contributed by atoms with van der Waals surface area (Å²) in [5.74, 6) is 0. The topological polar surface area (TPSA) is 24.4 Å². The van der Waals surface area contributed by atoms with Crippen molar-refractivity contribution in [3.63, 3.8) is 0 Å². The van der Waals surface area contributed by atoms with Crippen LogP contribution in [0.1, 0.15) is 71.1 Å². The second-order valence-corrected chi connectivity index (χ2v) is 7.05. The molecule has 0 spiro atoms. The Balaban J connectivity index is 1.95. The molecule has 2 rings (SSSR count). The first-order valence-corrected chi connectivity index (χ1v) is 9.79. The molecule has 0 amide bonds. The van der Waals surface area contributed by atoms with E-state index in [2.05, 4.69) is 12.2 Å². The van der Waals surface area contributed by atoms with Gasteiger partial charge in [-0.2, -0.15) is 0 Å². The van der Waals surface area contributed by atoms with Crippen molar-refractivity contribution in [3.8, 4) is 0 Å². The molecule has 0 aromatic rings. The summed E-state index contributed by atoms with van der Waals surface area (Å²) >= 11 is 0. The molecule has 2 aliphatic rings. The van der Waals surface area contributed by atoms with Crippen molar-refractivity contribution in [1.29, 1.82) is 0 Å². The van der Waals surface area contributed by atoms with E-state index in [1.54, 1.807) is 0 Å². The highest BCUT2D eigenvalue weighted by molar-refractivity contribution is 8.23. The Morgan fingerprint density at radius 2 is 1.65 bits per heavy atom. The highest BCUT2D eigenvalue weighted by atomic mass is 35.7. The lowest BCUT2D eigenvalue weighted by atomic mass is 9.95. The third-order valence-corrected chi connectivity index (χ3v) is 5.06.